The van der Waals surface area contributed by atoms with E-state index < -0.39 is 12.1 Å². The van der Waals surface area contributed by atoms with Crippen molar-refractivity contribution < 1.29 is 27.9 Å². The zero-order valence-corrected chi connectivity index (χ0v) is 10.4. The molecule has 1 aromatic carbocycles. The highest BCUT2D eigenvalue weighted by molar-refractivity contribution is 5.94. The smallest absolute Gasteiger partial charge is 0.475 e. The van der Waals surface area contributed by atoms with Gasteiger partial charge in [-0.3, -0.25) is 4.79 Å². The zero-order chi connectivity index (χ0) is 15.1. The molecule has 1 rings (SSSR count). The average molecular weight is 277 g/mol. The van der Waals surface area contributed by atoms with Crippen LogP contribution in [0.1, 0.15) is 24.2 Å². The minimum Gasteiger partial charge on any atom is -0.475 e. The van der Waals surface area contributed by atoms with E-state index in [-0.39, 0.29) is 11.9 Å². The molecule has 0 atom stereocenters. The lowest BCUT2D eigenvalue weighted by Crippen LogP contribution is -2.29. The van der Waals surface area contributed by atoms with E-state index in [9.17, 15) is 18.0 Å². The highest BCUT2D eigenvalue weighted by Crippen LogP contribution is 2.13. The number of nitrogens with one attached hydrogen (secondary N) is 1. The second kappa shape index (κ2) is 7.40. The maximum absolute atomic E-state index is 11.3. The maximum atomic E-state index is 11.3. The molecular formula is C12H14F3NO3. The summed E-state index contributed by atoms with van der Waals surface area (Å²) >= 11 is 0. The maximum Gasteiger partial charge on any atom is 0.490 e. The molecular weight excluding hydrogens is 263 g/mol. The van der Waals surface area contributed by atoms with Crippen LogP contribution in [-0.4, -0.2) is 29.2 Å². The Balaban J connectivity index is 0.000000399. The minimum atomic E-state index is -5.08. The molecule has 0 saturated heterocycles. The number of carboxylic acid groups (broad SMARTS) is 1. The van der Waals surface area contributed by atoms with Crippen molar-refractivity contribution in [1.82, 2.24) is 5.32 Å². The molecule has 0 heterocycles. The molecule has 0 unspecified atom stereocenters. The van der Waals surface area contributed by atoms with Crippen LogP contribution < -0.4 is 5.32 Å². The monoisotopic (exact) mass is 277 g/mol. The lowest BCUT2D eigenvalue weighted by Gasteiger charge is -2.07. The predicted octanol–water partition coefficient (Wildman–Crippen LogP) is 2.46. The third kappa shape index (κ3) is 7.80. The molecule has 1 amide bonds. The van der Waals surface area contributed by atoms with Gasteiger partial charge in [-0.1, -0.05) is 18.2 Å². The Morgan fingerprint density at radius 3 is 1.89 bits per heavy atom. The first kappa shape index (κ1) is 16.9. The Labute approximate surface area is 108 Å². The van der Waals surface area contributed by atoms with E-state index in [4.69, 9.17) is 9.90 Å². The molecule has 0 radical (unpaired) electrons. The van der Waals surface area contributed by atoms with Gasteiger partial charge < -0.3 is 10.4 Å². The molecule has 19 heavy (non-hydrogen) atoms. The first-order chi connectivity index (χ1) is 8.64. The number of carbonyl (C=O) groups excluding carboxylic acids is 1. The van der Waals surface area contributed by atoms with Crippen LogP contribution in [0.2, 0.25) is 0 Å². The summed E-state index contributed by atoms with van der Waals surface area (Å²) in [5.74, 6) is -2.77. The minimum absolute atomic E-state index is 0.00870. The molecule has 0 aliphatic carbocycles. The van der Waals surface area contributed by atoms with Crippen LogP contribution in [0.3, 0.4) is 0 Å². The van der Waals surface area contributed by atoms with Gasteiger partial charge in [0.15, 0.2) is 0 Å². The van der Waals surface area contributed by atoms with E-state index in [1.54, 1.807) is 12.1 Å². The lowest BCUT2D eigenvalue weighted by atomic mass is 10.2. The topological polar surface area (TPSA) is 66.4 Å². The predicted molar refractivity (Wildman–Crippen MR) is 62.7 cm³/mol. The fourth-order valence-electron chi connectivity index (χ4n) is 0.935. The molecule has 0 bridgehead atoms. The van der Waals surface area contributed by atoms with Crippen molar-refractivity contribution in [3.05, 3.63) is 35.9 Å². The van der Waals surface area contributed by atoms with Gasteiger partial charge in [-0.15, -0.1) is 0 Å². The van der Waals surface area contributed by atoms with Crippen molar-refractivity contribution in [2.24, 2.45) is 0 Å². The molecule has 0 spiro atoms. The summed E-state index contributed by atoms with van der Waals surface area (Å²) in [6, 6.07) is 9.41. The van der Waals surface area contributed by atoms with Crippen molar-refractivity contribution in [3.63, 3.8) is 0 Å². The number of benzene rings is 1. The molecule has 7 heteroatoms. The van der Waals surface area contributed by atoms with Crippen LogP contribution in [0.4, 0.5) is 13.2 Å². The summed E-state index contributed by atoms with van der Waals surface area (Å²) in [6.07, 6.45) is -5.08. The van der Waals surface area contributed by atoms with E-state index in [2.05, 4.69) is 5.32 Å². The normalized spacial score (nSPS) is 10.4. The number of aliphatic carboxylic acids is 1. The van der Waals surface area contributed by atoms with E-state index in [0.29, 0.717) is 5.56 Å². The van der Waals surface area contributed by atoms with Gasteiger partial charge in [0.2, 0.25) is 0 Å². The van der Waals surface area contributed by atoms with Gasteiger partial charge in [0, 0.05) is 11.6 Å². The van der Waals surface area contributed by atoms with Crippen molar-refractivity contribution in [1.29, 1.82) is 0 Å². The molecule has 1 aromatic rings. The van der Waals surface area contributed by atoms with Crippen molar-refractivity contribution in [2.75, 3.05) is 0 Å². The van der Waals surface area contributed by atoms with Gasteiger partial charge in [0.1, 0.15) is 0 Å². The van der Waals surface area contributed by atoms with Crippen LogP contribution in [0.5, 0.6) is 0 Å². The van der Waals surface area contributed by atoms with Gasteiger partial charge in [-0.25, -0.2) is 4.79 Å². The van der Waals surface area contributed by atoms with Gasteiger partial charge in [0.05, 0.1) is 0 Å². The first-order valence-electron chi connectivity index (χ1n) is 5.30. The van der Waals surface area contributed by atoms with Crippen molar-refractivity contribution >= 4 is 11.9 Å². The zero-order valence-electron chi connectivity index (χ0n) is 10.4. The summed E-state index contributed by atoms with van der Waals surface area (Å²) in [7, 11) is 0. The highest BCUT2D eigenvalue weighted by Gasteiger charge is 2.38. The van der Waals surface area contributed by atoms with E-state index >= 15 is 0 Å². The Bertz CT molecular complexity index is 416. The molecule has 4 nitrogen and oxygen atoms in total. The van der Waals surface area contributed by atoms with Crippen LogP contribution in [-0.2, 0) is 4.79 Å². The van der Waals surface area contributed by atoms with Crippen LogP contribution in [0.25, 0.3) is 0 Å². The molecule has 0 aliphatic heterocycles. The number of rotatable bonds is 2. The molecule has 106 valence electrons. The summed E-state index contributed by atoms with van der Waals surface area (Å²) in [5, 5.41) is 9.95. The molecule has 0 aromatic heterocycles. The van der Waals surface area contributed by atoms with E-state index in [1.807, 2.05) is 32.0 Å². The Hall–Kier alpha value is -2.05. The third-order valence-electron chi connectivity index (χ3n) is 1.70. The summed E-state index contributed by atoms with van der Waals surface area (Å²) < 4.78 is 31.7. The Morgan fingerprint density at radius 2 is 1.58 bits per heavy atom. The average Bonchev–Trinajstić information content (AvgIpc) is 2.28. The Kier molecular flexibility index (Phi) is 6.60. The molecule has 0 fully saturated rings. The van der Waals surface area contributed by atoms with Crippen molar-refractivity contribution in [2.45, 2.75) is 26.1 Å². The largest absolute Gasteiger partial charge is 0.490 e. The van der Waals surface area contributed by atoms with Crippen molar-refractivity contribution in [3.8, 4) is 0 Å². The number of halogens is 3. The number of hydrogen-bond acceptors (Lipinski definition) is 2. The SMILES string of the molecule is CC(C)NC(=O)c1ccccc1.O=C(O)C(F)(F)F. The third-order valence-corrected chi connectivity index (χ3v) is 1.70. The fraction of sp³-hybridized carbons (Fsp3) is 0.333. The summed E-state index contributed by atoms with van der Waals surface area (Å²) in [6.45, 7) is 3.89. The molecule has 0 saturated carbocycles. The van der Waals surface area contributed by atoms with E-state index in [0.717, 1.165) is 0 Å². The quantitative estimate of drug-likeness (QED) is 0.872. The van der Waals surface area contributed by atoms with Crippen LogP contribution >= 0.6 is 0 Å². The van der Waals surface area contributed by atoms with Crippen LogP contribution in [0, 0.1) is 0 Å². The standard InChI is InChI=1S/C10H13NO.C2HF3O2/c1-8(2)11-10(12)9-6-4-3-5-7-9;3-2(4,5)1(6)7/h3-8H,1-2H3,(H,11,12);(H,6,7). The summed E-state index contributed by atoms with van der Waals surface area (Å²) in [4.78, 5) is 20.2. The molecule has 2 N–H and O–H groups in total. The lowest BCUT2D eigenvalue weighted by molar-refractivity contribution is -0.192. The summed E-state index contributed by atoms with van der Waals surface area (Å²) in [5.41, 5.74) is 0.714. The molecule has 0 aliphatic rings. The second-order valence-electron chi connectivity index (χ2n) is 3.80. The second-order valence-corrected chi connectivity index (χ2v) is 3.80. The van der Waals surface area contributed by atoms with Gasteiger partial charge in [-0.2, -0.15) is 13.2 Å². The number of hydrogen-bond donors (Lipinski definition) is 2. The van der Waals surface area contributed by atoms with Gasteiger partial charge in [0.25, 0.3) is 5.91 Å². The number of carbonyl (C=O) groups is 2. The number of alkyl halides is 3. The Morgan fingerprint density at radius 1 is 1.16 bits per heavy atom. The first-order valence-corrected chi connectivity index (χ1v) is 5.30. The van der Waals surface area contributed by atoms with Gasteiger partial charge in [-0.05, 0) is 26.0 Å². The van der Waals surface area contributed by atoms with E-state index in [1.165, 1.54) is 0 Å². The number of amides is 1. The fourth-order valence-corrected chi connectivity index (χ4v) is 0.935. The van der Waals surface area contributed by atoms with Crippen LogP contribution in [0.15, 0.2) is 30.3 Å². The number of carboxylic acids is 1. The highest BCUT2D eigenvalue weighted by atomic mass is 19.4. The van der Waals surface area contributed by atoms with Gasteiger partial charge >= 0.3 is 12.1 Å².